The lowest BCUT2D eigenvalue weighted by Gasteiger charge is -2.26. The van der Waals surface area contributed by atoms with Gasteiger partial charge in [0.25, 0.3) is 0 Å². The first-order valence-corrected chi connectivity index (χ1v) is 7.53. The fourth-order valence-corrected chi connectivity index (χ4v) is 2.40. The van der Waals surface area contributed by atoms with E-state index in [0.29, 0.717) is 17.9 Å². The van der Waals surface area contributed by atoms with E-state index in [1.165, 1.54) is 0 Å². The molecule has 0 bridgehead atoms. The van der Waals surface area contributed by atoms with Crippen LogP contribution in [0.5, 0.6) is 11.5 Å². The molecule has 5 nitrogen and oxygen atoms in total. The average molecular weight is 347 g/mol. The van der Waals surface area contributed by atoms with E-state index in [1.807, 2.05) is 6.07 Å². The number of amides is 1. The second kappa shape index (κ2) is 7.74. The van der Waals surface area contributed by atoms with Crippen molar-refractivity contribution < 1.29 is 32.2 Å². The molecule has 0 saturated carbocycles. The number of halogens is 3. The first-order chi connectivity index (χ1) is 11.3. The van der Waals surface area contributed by atoms with Crippen molar-refractivity contribution >= 4 is 5.91 Å². The van der Waals surface area contributed by atoms with E-state index in [0.717, 1.165) is 5.56 Å². The zero-order valence-corrected chi connectivity index (χ0v) is 13.5. The number of carbonyl (C=O) groups excluding carboxylic acids is 1. The van der Waals surface area contributed by atoms with E-state index in [4.69, 9.17) is 9.47 Å². The smallest absolute Gasteiger partial charge is 0.411 e. The minimum atomic E-state index is -4.37. The maximum atomic E-state index is 12.2. The fraction of sp³-hybridized carbons (Fsp3) is 0.562. The summed E-state index contributed by atoms with van der Waals surface area (Å²) in [6.45, 7) is 0.278. The Morgan fingerprint density at radius 2 is 2.21 bits per heavy atom. The van der Waals surface area contributed by atoms with E-state index in [-0.39, 0.29) is 19.1 Å². The highest BCUT2D eigenvalue weighted by atomic mass is 19.4. The molecule has 0 aliphatic carbocycles. The second-order valence-corrected chi connectivity index (χ2v) is 5.73. The van der Waals surface area contributed by atoms with Gasteiger partial charge in [-0.15, -0.1) is 0 Å². The van der Waals surface area contributed by atoms with Crippen LogP contribution in [0, 0.1) is 5.92 Å². The third kappa shape index (κ3) is 5.30. The van der Waals surface area contributed by atoms with Gasteiger partial charge in [0.15, 0.2) is 0 Å². The zero-order valence-electron chi connectivity index (χ0n) is 13.5. The molecule has 1 aromatic carbocycles. The molecule has 8 heteroatoms. The number of fused-ring (bicyclic) bond motifs is 1. The van der Waals surface area contributed by atoms with Gasteiger partial charge in [-0.2, -0.15) is 13.2 Å². The Hall–Kier alpha value is -1.96. The number of benzene rings is 1. The molecule has 134 valence electrons. The first-order valence-electron chi connectivity index (χ1n) is 7.53. The van der Waals surface area contributed by atoms with Crippen molar-refractivity contribution in [1.82, 2.24) is 5.32 Å². The number of ether oxygens (including phenoxy) is 3. The van der Waals surface area contributed by atoms with Crippen molar-refractivity contribution in [1.29, 1.82) is 0 Å². The van der Waals surface area contributed by atoms with Crippen molar-refractivity contribution in [2.24, 2.45) is 5.92 Å². The van der Waals surface area contributed by atoms with Crippen molar-refractivity contribution in [2.75, 3.05) is 26.9 Å². The summed E-state index contributed by atoms with van der Waals surface area (Å²) in [4.78, 5) is 12.2. The summed E-state index contributed by atoms with van der Waals surface area (Å²) in [6, 6.07) is 4.87. The summed E-state index contributed by atoms with van der Waals surface area (Å²) in [6.07, 6.45) is -3.87. The molecule has 0 saturated heterocycles. The Labute approximate surface area is 138 Å². The fourth-order valence-electron chi connectivity index (χ4n) is 2.40. The van der Waals surface area contributed by atoms with Crippen LogP contribution in [0.15, 0.2) is 18.2 Å². The standard InChI is InChI=1S/C16H20F3NO4/c1-10(7-23-9-16(17,18)19)20-15(21)12-5-11-3-4-13(22-2)6-14(11)24-8-12/h3-4,6,10,12H,5,7-9H2,1-2H3,(H,20,21)/t10-,12-/m1/s1. The summed E-state index contributed by atoms with van der Waals surface area (Å²) >= 11 is 0. The Morgan fingerprint density at radius 3 is 2.88 bits per heavy atom. The van der Waals surface area contributed by atoms with Gasteiger partial charge in [-0.25, -0.2) is 0 Å². The maximum absolute atomic E-state index is 12.2. The number of rotatable bonds is 6. The number of alkyl halides is 3. The van der Waals surface area contributed by atoms with Crippen LogP contribution in [0.4, 0.5) is 13.2 Å². The van der Waals surface area contributed by atoms with Crippen LogP contribution in [0.25, 0.3) is 0 Å². The predicted octanol–water partition coefficient (Wildman–Crippen LogP) is 2.33. The zero-order chi connectivity index (χ0) is 17.7. The van der Waals surface area contributed by atoms with Gasteiger partial charge in [0.1, 0.15) is 24.7 Å². The Bertz CT molecular complexity index is 577. The lowest BCUT2D eigenvalue weighted by atomic mass is 9.95. The average Bonchev–Trinajstić information content (AvgIpc) is 2.52. The van der Waals surface area contributed by atoms with Gasteiger partial charge in [-0.3, -0.25) is 4.79 Å². The van der Waals surface area contributed by atoms with Crippen LogP contribution < -0.4 is 14.8 Å². The van der Waals surface area contributed by atoms with E-state index in [1.54, 1.807) is 26.2 Å². The molecule has 0 spiro atoms. The van der Waals surface area contributed by atoms with Gasteiger partial charge < -0.3 is 19.5 Å². The number of nitrogens with one attached hydrogen (secondary N) is 1. The number of carbonyl (C=O) groups is 1. The summed E-state index contributed by atoms with van der Waals surface area (Å²) < 4.78 is 51.3. The van der Waals surface area contributed by atoms with E-state index < -0.39 is 24.7 Å². The Balaban J connectivity index is 1.83. The highest BCUT2D eigenvalue weighted by Crippen LogP contribution is 2.31. The largest absolute Gasteiger partial charge is 0.497 e. The number of methoxy groups -OCH3 is 1. The van der Waals surface area contributed by atoms with Crippen LogP contribution in [0.1, 0.15) is 12.5 Å². The number of hydrogen-bond acceptors (Lipinski definition) is 4. The highest BCUT2D eigenvalue weighted by Gasteiger charge is 2.29. The third-order valence-corrected chi connectivity index (χ3v) is 3.57. The maximum Gasteiger partial charge on any atom is 0.411 e. The van der Waals surface area contributed by atoms with Crippen molar-refractivity contribution in [3.05, 3.63) is 23.8 Å². The summed E-state index contributed by atoms with van der Waals surface area (Å²) in [7, 11) is 1.56. The molecule has 1 aliphatic rings. The van der Waals surface area contributed by atoms with Crippen LogP contribution in [0.3, 0.4) is 0 Å². The van der Waals surface area contributed by atoms with Crippen molar-refractivity contribution in [3.8, 4) is 11.5 Å². The predicted molar refractivity (Wildman–Crippen MR) is 80.2 cm³/mol. The molecule has 1 N–H and O–H groups in total. The minimum Gasteiger partial charge on any atom is -0.497 e. The third-order valence-electron chi connectivity index (χ3n) is 3.57. The molecule has 0 unspecified atom stereocenters. The highest BCUT2D eigenvalue weighted by molar-refractivity contribution is 5.79. The van der Waals surface area contributed by atoms with Crippen LogP contribution in [0.2, 0.25) is 0 Å². The molecule has 24 heavy (non-hydrogen) atoms. The first kappa shape index (κ1) is 18.4. The molecular formula is C16H20F3NO4. The molecule has 1 heterocycles. The van der Waals surface area contributed by atoms with Gasteiger partial charge in [-0.05, 0) is 25.0 Å². The summed E-state index contributed by atoms with van der Waals surface area (Å²) in [5, 5.41) is 2.65. The molecule has 1 aromatic rings. The Morgan fingerprint density at radius 1 is 1.46 bits per heavy atom. The summed E-state index contributed by atoms with van der Waals surface area (Å²) in [5.74, 6) is 0.697. The molecule has 0 fully saturated rings. The molecule has 2 rings (SSSR count). The van der Waals surface area contributed by atoms with Gasteiger partial charge in [-0.1, -0.05) is 6.07 Å². The van der Waals surface area contributed by atoms with Crippen molar-refractivity contribution in [3.63, 3.8) is 0 Å². The Kier molecular flexibility index (Phi) is 5.93. The van der Waals surface area contributed by atoms with Crippen molar-refractivity contribution in [2.45, 2.75) is 25.6 Å². The molecule has 1 amide bonds. The van der Waals surface area contributed by atoms with Gasteiger partial charge >= 0.3 is 6.18 Å². The second-order valence-electron chi connectivity index (χ2n) is 5.73. The molecule has 0 radical (unpaired) electrons. The van der Waals surface area contributed by atoms with E-state index >= 15 is 0 Å². The summed E-state index contributed by atoms with van der Waals surface area (Å²) in [5.41, 5.74) is 0.892. The molecular weight excluding hydrogens is 327 g/mol. The van der Waals surface area contributed by atoms with E-state index in [9.17, 15) is 18.0 Å². The molecule has 0 aromatic heterocycles. The molecule has 2 atom stereocenters. The van der Waals surface area contributed by atoms with Gasteiger partial charge in [0, 0.05) is 12.1 Å². The lowest BCUT2D eigenvalue weighted by Crippen LogP contribution is -2.43. The lowest BCUT2D eigenvalue weighted by molar-refractivity contribution is -0.175. The number of hydrogen-bond donors (Lipinski definition) is 1. The van der Waals surface area contributed by atoms with Crippen LogP contribution >= 0.6 is 0 Å². The topological polar surface area (TPSA) is 56.8 Å². The SMILES string of the molecule is COc1ccc2c(c1)OC[C@H](C(=O)N[C@H](C)COCC(F)(F)F)C2. The van der Waals surface area contributed by atoms with Gasteiger partial charge in [0.2, 0.25) is 5.91 Å². The molecule has 1 aliphatic heterocycles. The van der Waals surface area contributed by atoms with E-state index in [2.05, 4.69) is 10.1 Å². The minimum absolute atomic E-state index is 0.202. The van der Waals surface area contributed by atoms with Gasteiger partial charge in [0.05, 0.1) is 19.6 Å². The normalized spacial score (nSPS) is 18.3. The van der Waals surface area contributed by atoms with Crippen LogP contribution in [-0.4, -0.2) is 45.1 Å². The monoisotopic (exact) mass is 347 g/mol. The van der Waals surface area contributed by atoms with Crippen LogP contribution in [-0.2, 0) is 16.0 Å². The quantitative estimate of drug-likeness (QED) is 0.858.